The highest BCUT2D eigenvalue weighted by Crippen LogP contribution is 2.42. The average molecular weight is 758 g/mol. The van der Waals surface area contributed by atoms with Gasteiger partial charge in [-0.2, -0.15) is 0 Å². The maximum atomic E-state index is 9.58. The molecule has 3 nitrogen and oxygen atoms in total. The quantitative estimate of drug-likeness (QED) is 0.153. The van der Waals surface area contributed by atoms with Gasteiger partial charge >= 0.3 is 0 Å². The summed E-state index contributed by atoms with van der Waals surface area (Å²) in [5.41, 5.74) is 8.78. The standard InChI is InChI=1S/C56H39N3/c1-4-17-45(18-5-1)57(50-35-36-56-53(39-50)52-24-12-13-25-55(52)59(56)47-21-8-3-9-22-47)48-32-29-40(30-33-48)42-27-28-44-38-49(34-31-43(44)37-42)58(46-19-6-2-7-20-46)54-26-14-16-41-15-10-11-23-51(41)54/h1-39H/i29D,30D,32D,33D. The third-order valence-corrected chi connectivity index (χ3v) is 11.2. The van der Waals surface area contributed by atoms with Gasteiger partial charge in [0.1, 0.15) is 0 Å². The van der Waals surface area contributed by atoms with Crippen molar-refractivity contribution in [1.29, 1.82) is 0 Å². The van der Waals surface area contributed by atoms with Crippen LogP contribution in [0.5, 0.6) is 0 Å². The summed E-state index contributed by atoms with van der Waals surface area (Å²) in [7, 11) is 0. The van der Waals surface area contributed by atoms with Crippen LogP contribution in [0.3, 0.4) is 0 Å². The molecule has 1 aromatic heterocycles. The first-order valence-corrected chi connectivity index (χ1v) is 19.9. The van der Waals surface area contributed by atoms with Gasteiger partial charge in [-0.05, 0) is 124 Å². The highest BCUT2D eigenvalue weighted by atomic mass is 15.1. The fraction of sp³-hybridized carbons (Fsp3) is 0. The number of anilines is 6. The first-order chi connectivity index (χ1) is 30.9. The minimum absolute atomic E-state index is 0.101. The van der Waals surface area contributed by atoms with E-state index in [1.165, 1.54) is 0 Å². The Hall–Kier alpha value is -7.88. The molecule has 11 rings (SSSR count). The van der Waals surface area contributed by atoms with Gasteiger partial charge in [-0.25, -0.2) is 0 Å². The van der Waals surface area contributed by atoms with Crippen LogP contribution in [0.1, 0.15) is 5.48 Å². The normalized spacial score (nSPS) is 12.3. The molecule has 0 fully saturated rings. The van der Waals surface area contributed by atoms with Crippen LogP contribution in [0.25, 0.3) is 60.2 Å². The summed E-state index contributed by atoms with van der Waals surface area (Å²) >= 11 is 0. The molecule has 11 aromatic rings. The number of nitrogens with zero attached hydrogens (tertiary/aromatic N) is 3. The Morgan fingerprint density at radius 2 is 0.898 bits per heavy atom. The molecule has 0 saturated carbocycles. The molecule has 0 amide bonds. The van der Waals surface area contributed by atoms with E-state index in [9.17, 15) is 5.48 Å². The predicted molar refractivity (Wildman–Crippen MR) is 251 cm³/mol. The first kappa shape index (κ1) is 30.3. The van der Waals surface area contributed by atoms with Crippen LogP contribution >= 0.6 is 0 Å². The van der Waals surface area contributed by atoms with Gasteiger partial charge in [0.2, 0.25) is 0 Å². The molecule has 0 aliphatic heterocycles. The number of hydrogen-bond acceptors (Lipinski definition) is 2. The molecular formula is C56H39N3. The Morgan fingerprint density at radius 1 is 0.322 bits per heavy atom. The van der Waals surface area contributed by atoms with Gasteiger partial charge < -0.3 is 14.4 Å². The Kier molecular flexibility index (Phi) is 7.48. The zero-order chi connectivity index (χ0) is 42.6. The number of benzene rings is 10. The summed E-state index contributed by atoms with van der Waals surface area (Å²) < 4.78 is 40.4. The highest BCUT2D eigenvalue weighted by molar-refractivity contribution is 6.11. The number of rotatable bonds is 8. The van der Waals surface area contributed by atoms with Gasteiger partial charge in [0.05, 0.1) is 22.2 Å². The number of aromatic nitrogens is 1. The molecular weight excluding hydrogens is 715 g/mol. The van der Waals surface area contributed by atoms with Gasteiger partial charge in [-0.15, -0.1) is 0 Å². The number of fused-ring (bicyclic) bond motifs is 5. The summed E-state index contributed by atoms with van der Waals surface area (Å²) in [5.74, 6) is 0. The van der Waals surface area contributed by atoms with Crippen LogP contribution in [0, 0.1) is 0 Å². The second kappa shape index (κ2) is 14.6. The molecule has 0 unspecified atom stereocenters. The molecule has 0 spiro atoms. The van der Waals surface area contributed by atoms with Gasteiger partial charge in [-0.3, -0.25) is 0 Å². The van der Waals surface area contributed by atoms with Crippen LogP contribution in [0.2, 0.25) is 0 Å². The Bertz CT molecular complexity index is 3480. The van der Waals surface area contributed by atoms with Crippen molar-refractivity contribution in [2.75, 3.05) is 9.80 Å². The van der Waals surface area contributed by atoms with Crippen LogP contribution in [0.15, 0.2) is 236 Å². The van der Waals surface area contributed by atoms with Crippen molar-refractivity contribution in [3.63, 3.8) is 0 Å². The van der Waals surface area contributed by atoms with Gasteiger partial charge in [0, 0.05) is 50.3 Å². The molecule has 0 N–H and O–H groups in total. The smallest absolute Gasteiger partial charge is 0.0645 e. The van der Waals surface area contributed by atoms with Crippen molar-refractivity contribution in [2.24, 2.45) is 0 Å². The zero-order valence-corrected chi connectivity index (χ0v) is 32.0. The Morgan fingerprint density at radius 3 is 1.68 bits per heavy atom. The van der Waals surface area contributed by atoms with E-state index < -0.39 is 0 Å². The fourth-order valence-electron chi connectivity index (χ4n) is 8.44. The van der Waals surface area contributed by atoms with E-state index in [-0.39, 0.29) is 35.4 Å². The fourth-order valence-corrected chi connectivity index (χ4v) is 8.44. The van der Waals surface area contributed by atoms with E-state index in [1.54, 1.807) is 0 Å². The SMILES string of the molecule is [2H]c1c([2H])c(N(c2ccccc2)c2ccc3c(c2)c2ccccc2n3-c2ccccc2)c([2H])c([2H])c1-c1ccc2cc(N(c3ccccc3)c3cccc4ccccc34)ccc2c1. The van der Waals surface area contributed by atoms with Crippen LogP contribution in [0.4, 0.5) is 34.1 Å². The van der Waals surface area contributed by atoms with Gasteiger partial charge in [0.15, 0.2) is 0 Å². The van der Waals surface area contributed by atoms with E-state index in [0.717, 1.165) is 77.5 Å². The van der Waals surface area contributed by atoms with Crippen molar-refractivity contribution in [1.82, 2.24) is 4.57 Å². The van der Waals surface area contributed by atoms with Crippen molar-refractivity contribution in [3.05, 3.63) is 236 Å². The van der Waals surface area contributed by atoms with Crippen molar-refractivity contribution >= 4 is 77.5 Å². The number of hydrogen-bond donors (Lipinski definition) is 0. The lowest BCUT2D eigenvalue weighted by molar-refractivity contribution is 1.18. The minimum atomic E-state index is -0.120. The van der Waals surface area contributed by atoms with Crippen molar-refractivity contribution in [3.8, 4) is 16.8 Å². The zero-order valence-electron chi connectivity index (χ0n) is 36.0. The third-order valence-electron chi connectivity index (χ3n) is 11.2. The minimum Gasteiger partial charge on any atom is -0.310 e. The van der Waals surface area contributed by atoms with Crippen molar-refractivity contribution in [2.45, 2.75) is 0 Å². The molecule has 10 aromatic carbocycles. The first-order valence-electron chi connectivity index (χ1n) is 21.9. The predicted octanol–water partition coefficient (Wildman–Crippen LogP) is 15.7. The lowest BCUT2D eigenvalue weighted by Gasteiger charge is -2.27. The second-order valence-electron chi connectivity index (χ2n) is 14.7. The third kappa shape index (κ3) is 6.17. The van der Waals surface area contributed by atoms with Crippen LogP contribution in [-0.4, -0.2) is 4.57 Å². The Labute approximate surface area is 349 Å². The summed E-state index contributed by atoms with van der Waals surface area (Å²) in [6, 6.07) is 71.4. The maximum absolute atomic E-state index is 9.58. The van der Waals surface area contributed by atoms with E-state index in [2.05, 4.69) is 119 Å². The highest BCUT2D eigenvalue weighted by Gasteiger charge is 2.19. The summed E-state index contributed by atoms with van der Waals surface area (Å²) in [6.45, 7) is 0. The number of para-hydroxylation sites is 4. The lowest BCUT2D eigenvalue weighted by atomic mass is 9.99. The molecule has 278 valence electrons. The monoisotopic (exact) mass is 757 g/mol. The lowest BCUT2D eigenvalue weighted by Crippen LogP contribution is -2.10. The summed E-state index contributed by atoms with van der Waals surface area (Å²) in [4.78, 5) is 4.13. The van der Waals surface area contributed by atoms with Crippen molar-refractivity contribution < 1.29 is 5.48 Å². The molecule has 0 saturated heterocycles. The Balaban J connectivity index is 1.02. The molecule has 0 radical (unpaired) electrons. The molecule has 0 aliphatic carbocycles. The van der Waals surface area contributed by atoms with E-state index >= 15 is 0 Å². The maximum Gasteiger partial charge on any atom is 0.0645 e. The summed E-state index contributed by atoms with van der Waals surface area (Å²) in [6.07, 6.45) is 0. The average Bonchev–Trinajstić information content (AvgIpc) is 3.67. The second-order valence-corrected chi connectivity index (χ2v) is 14.7. The molecule has 0 atom stereocenters. The van der Waals surface area contributed by atoms with E-state index in [0.29, 0.717) is 5.56 Å². The van der Waals surface area contributed by atoms with E-state index in [4.69, 9.17) is 0 Å². The summed E-state index contributed by atoms with van der Waals surface area (Å²) in [5, 5.41) is 6.31. The van der Waals surface area contributed by atoms with Crippen LogP contribution < -0.4 is 9.80 Å². The topological polar surface area (TPSA) is 11.4 Å². The van der Waals surface area contributed by atoms with Gasteiger partial charge in [-0.1, -0.05) is 139 Å². The largest absolute Gasteiger partial charge is 0.310 e. The molecule has 1 heterocycles. The molecule has 0 bridgehead atoms. The molecule has 0 aliphatic rings. The van der Waals surface area contributed by atoms with Gasteiger partial charge in [0.25, 0.3) is 0 Å². The van der Waals surface area contributed by atoms with E-state index in [1.807, 2.05) is 108 Å². The van der Waals surface area contributed by atoms with Crippen LogP contribution in [-0.2, 0) is 0 Å². The molecule has 3 heteroatoms. The molecule has 59 heavy (non-hydrogen) atoms.